The SMILES string of the molecule is Cc1nn(C)cc1CNc1cccc(-c2nnco2)c1. The Labute approximate surface area is 116 Å². The maximum absolute atomic E-state index is 5.20. The molecule has 0 fully saturated rings. The van der Waals surface area contributed by atoms with E-state index >= 15 is 0 Å². The molecule has 3 aromatic rings. The number of anilines is 1. The molecule has 0 aliphatic heterocycles. The van der Waals surface area contributed by atoms with Crippen LogP contribution >= 0.6 is 0 Å². The lowest BCUT2D eigenvalue weighted by Crippen LogP contribution is -1.99. The van der Waals surface area contributed by atoms with Gasteiger partial charge in [0.05, 0.1) is 5.69 Å². The molecule has 0 radical (unpaired) electrons. The van der Waals surface area contributed by atoms with E-state index in [4.69, 9.17) is 4.42 Å². The maximum Gasteiger partial charge on any atom is 0.247 e. The van der Waals surface area contributed by atoms with E-state index in [0.717, 1.165) is 23.5 Å². The number of nitrogens with zero attached hydrogens (tertiary/aromatic N) is 4. The van der Waals surface area contributed by atoms with Crippen molar-refractivity contribution in [1.29, 1.82) is 0 Å². The number of benzene rings is 1. The molecule has 20 heavy (non-hydrogen) atoms. The number of hydrogen-bond donors (Lipinski definition) is 1. The van der Waals surface area contributed by atoms with Crippen LogP contribution in [0.5, 0.6) is 0 Å². The first-order chi connectivity index (χ1) is 9.72. The molecular weight excluding hydrogens is 254 g/mol. The Bertz CT molecular complexity index is 702. The van der Waals surface area contributed by atoms with Crippen molar-refractivity contribution >= 4 is 5.69 Å². The fourth-order valence-corrected chi connectivity index (χ4v) is 2.08. The van der Waals surface area contributed by atoms with Crippen molar-refractivity contribution in [2.24, 2.45) is 7.05 Å². The van der Waals surface area contributed by atoms with Crippen LogP contribution < -0.4 is 5.32 Å². The lowest BCUT2D eigenvalue weighted by molar-refractivity contribution is 0.568. The molecule has 0 atom stereocenters. The Kier molecular flexibility index (Phi) is 3.20. The van der Waals surface area contributed by atoms with Gasteiger partial charge in [-0.2, -0.15) is 5.10 Å². The summed E-state index contributed by atoms with van der Waals surface area (Å²) in [6, 6.07) is 7.89. The fourth-order valence-electron chi connectivity index (χ4n) is 2.08. The van der Waals surface area contributed by atoms with E-state index in [1.807, 2.05) is 49.1 Å². The van der Waals surface area contributed by atoms with E-state index in [1.54, 1.807) is 0 Å². The van der Waals surface area contributed by atoms with Crippen LogP contribution in [0.4, 0.5) is 5.69 Å². The van der Waals surface area contributed by atoms with E-state index < -0.39 is 0 Å². The Hall–Kier alpha value is -2.63. The summed E-state index contributed by atoms with van der Waals surface area (Å²) < 4.78 is 7.02. The number of hydrogen-bond acceptors (Lipinski definition) is 5. The molecule has 0 saturated carbocycles. The van der Waals surface area contributed by atoms with Gasteiger partial charge in [-0.3, -0.25) is 4.68 Å². The molecule has 0 aliphatic rings. The van der Waals surface area contributed by atoms with Crippen molar-refractivity contribution in [3.05, 3.63) is 48.1 Å². The third kappa shape index (κ3) is 2.54. The minimum Gasteiger partial charge on any atom is -0.423 e. The highest BCUT2D eigenvalue weighted by Crippen LogP contribution is 2.20. The topological polar surface area (TPSA) is 68.8 Å². The minimum absolute atomic E-state index is 0.520. The van der Waals surface area contributed by atoms with E-state index in [2.05, 4.69) is 20.6 Å². The molecule has 2 aromatic heterocycles. The van der Waals surface area contributed by atoms with Crippen LogP contribution in [-0.4, -0.2) is 20.0 Å². The molecule has 1 aromatic carbocycles. The summed E-state index contributed by atoms with van der Waals surface area (Å²) in [7, 11) is 1.92. The van der Waals surface area contributed by atoms with Gasteiger partial charge in [-0.1, -0.05) is 6.07 Å². The van der Waals surface area contributed by atoms with Gasteiger partial charge in [0.15, 0.2) is 0 Å². The van der Waals surface area contributed by atoms with Crippen LogP contribution in [0, 0.1) is 6.92 Å². The third-order valence-corrected chi connectivity index (χ3v) is 3.07. The molecule has 3 rings (SSSR count). The summed E-state index contributed by atoms with van der Waals surface area (Å²) in [6.45, 7) is 2.73. The van der Waals surface area contributed by atoms with Gasteiger partial charge < -0.3 is 9.73 Å². The molecule has 0 saturated heterocycles. The van der Waals surface area contributed by atoms with Gasteiger partial charge in [0.2, 0.25) is 12.3 Å². The molecule has 6 nitrogen and oxygen atoms in total. The van der Waals surface area contributed by atoms with Crippen LogP contribution in [-0.2, 0) is 13.6 Å². The highest BCUT2D eigenvalue weighted by molar-refractivity contribution is 5.60. The molecule has 102 valence electrons. The van der Waals surface area contributed by atoms with Gasteiger partial charge in [0.25, 0.3) is 0 Å². The minimum atomic E-state index is 0.520. The van der Waals surface area contributed by atoms with Crippen LogP contribution in [0.25, 0.3) is 11.5 Å². The Morgan fingerprint density at radius 2 is 2.25 bits per heavy atom. The summed E-state index contributed by atoms with van der Waals surface area (Å²) in [5.74, 6) is 0.520. The summed E-state index contributed by atoms with van der Waals surface area (Å²) in [5, 5.41) is 15.3. The van der Waals surface area contributed by atoms with Gasteiger partial charge >= 0.3 is 0 Å². The monoisotopic (exact) mass is 269 g/mol. The largest absolute Gasteiger partial charge is 0.423 e. The predicted octanol–water partition coefficient (Wildman–Crippen LogP) is 2.39. The van der Waals surface area contributed by atoms with Crippen molar-refractivity contribution < 1.29 is 4.42 Å². The van der Waals surface area contributed by atoms with Crippen molar-refractivity contribution in [3.8, 4) is 11.5 Å². The molecule has 0 spiro atoms. The molecule has 0 amide bonds. The smallest absolute Gasteiger partial charge is 0.247 e. The van der Waals surface area contributed by atoms with Gasteiger partial charge in [-0.05, 0) is 25.1 Å². The second-order valence-corrected chi connectivity index (χ2v) is 4.59. The van der Waals surface area contributed by atoms with E-state index in [0.29, 0.717) is 5.89 Å². The molecule has 0 aliphatic carbocycles. The van der Waals surface area contributed by atoms with Crippen LogP contribution in [0.2, 0.25) is 0 Å². The summed E-state index contributed by atoms with van der Waals surface area (Å²) >= 11 is 0. The van der Waals surface area contributed by atoms with Crippen molar-refractivity contribution in [1.82, 2.24) is 20.0 Å². The van der Waals surface area contributed by atoms with E-state index in [9.17, 15) is 0 Å². The standard InChI is InChI=1S/C14H15N5O/c1-10-12(8-19(2)18-10)7-15-13-5-3-4-11(6-13)14-17-16-9-20-14/h3-6,8-9,15H,7H2,1-2H3. The first-order valence-electron chi connectivity index (χ1n) is 6.32. The number of aryl methyl sites for hydroxylation is 2. The Morgan fingerprint density at radius 3 is 2.95 bits per heavy atom. The normalized spacial score (nSPS) is 10.7. The fraction of sp³-hybridized carbons (Fsp3) is 0.214. The second-order valence-electron chi connectivity index (χ2n) is 4.59. The zero-order chi connectivity index (χ0) is 13.9. The van der Waals surface area contributed by atoms with Crippen LogP contribution in [0.3, 0.4) is 0 Å². The first kappa shape index (κ1) is 12.4. The molecule has 2 heterocycles. The molecule has 0 bridgehead atoms. The van der Waals surface area contributed by atoms with Crippen molar-refractivity contribution in [3.63, 3.8) is 0 Å². The zero-order valence-electron chi connectivity index (χ0n) is 11.4. The average Bonchev–Trinajstić information content (AvgIpc) is 3.07. The Balaban J connectivity index is 1.75. The van der Waals surface area contributed by atoms with Gasteiger partial charge in [0, 0.05) is 36.6 Å². The highest BCUT2D eigenvalue weighted by atomic mass is 16.4. The Morgan fingerprint density at radius 1 is 1.35 bits per heavy atom. The van der Waals surface area contributed by atoms with E-state index in [-0.39, 0.29) is 0 Å². The summed E-state index contributed by atoms with van der Waals surface area (Å²) in [6.07, 6.45) is 3.35. The summed E-state index contributed by atoms with van der Waals surface area (Å²) in [4.78, 5) is 0. The molecule has 1 N–H and O–H groups in total. The zero-order valence-corrected chi connectivity index (χ0v) is 11.4. The van der Waals surface area contributed by atoms with Crippen LogP contribution in [0.1, 0.15) is 11.3 Å². The average molecular weight is 269 g/mol. The number of aromatic nitrogens is 4. The van der Waals surface area contributed by atoms with Gasteiger partial charge in [-0.15, -0.1) is 10.2 Å². The number of nitrogens with one attached hydrogen (secondary N) is 1. The number of rotatable bonds is 4. The van der Waals surface area contributed by atoms with Crippen LogP contribution in [0.15, 0.2) is 41.3 Å². The second kappa shape index (κ2) is 5.16. The lowest BCUT2D eigenvalue weighted by Gasteiger charge is -2.06. The van der Waals surface area contributed by atoms with E-state index in [1.165, 1.54) is 12.0 Å². The van der Waals surface area contributed by atoms with Crippen molar-refractivity contribution in [2.75, 3.05) is 5.32 Å². The molecule has 0 unspecified atom stereocenters. The predicted molar refractivity (Wildman–Crippen MR) is 75.0 cm³/mol. The quantitative estimate of drug-likeness (QED) is 0.787. The molecule has 6 heteroatoms. The van der Waals surface area contributed by atoms with Gasteiger partial charge in [-0.25, -0.2) is 0 Å². The highest BCUT2D eigenvalue weighted by Gasteiger charge is 2.05. The summed E-state index contributed by atoms with van der Waals surface area (Å²) in [5.41, 5.74) is 4.11. The first-order valence-corrected chi connectivity index (χ1v) is 6.32. The van der Waals surface area contributed by atoms with Crippen molar-refractivity contribution in [2.45, 2.75) is 13.5 Å². The third-order valence-electron chi connectivity index (χ3n) is 3.07. The maximum atomic E-state index is 5.20. The molecular formula is C14H15N5O. The van der Waals surface area contributed by atoms with Gasteiger partial charge in [0.1, 0.15) is 0 Å². The lowest BCUT2D eigenvalue weighted by atomic mass is 10.2.